The molecule has 0 bridgehead atoms. The third kappa shape index (κ3) is 4.18. The Hall–Kier alpha value is -2.63. The molecule has 2 rings (SSSR count). The molecular weight excluding hydrogens is 296 g/mol. The van der Waals surface area contributed by atoms with E-state index in [1.54, 1.807) is 6.92 Å². The number of benzene rings is 1. The fourth-order valence-electron chi connectivity index (χ4n) is 2.23. The monoisotopic (exact) mass is 316 g/mol. The van der Waals surface area contributed by atoms with Gasteiger partial charge in [0.1, 0.15) is 11.3 Å². The smallest absolute Gasteiger partial charge is 0.344 e. The standard InChI is InChI=1S/C17H20N2O4/c1-4-14-16(12(3)23-19-14)17(21)22-10-15(20)18-11(2)13-8-6-5-7-9-13/h5-9,11H,4,10H2,1-3H3,(H,18,20)/t11-/m0/s1. The van der Waals surface area contributed by atoms with Crippen LogP contribution in [0.15, 0.2) is 34.9 Å². The highest BCUT2D eigenvalue weighted by Crippen LogP contribution is 2.15. The number of carbonyl (C=O) groups is 2. The van der Waals surface area contributed by atoms with Crippen molar-refractivity contribution < 1.29 is 18.8 Å². The molecule has 23 heavy (non-hydrogen) atoms. The number of rotatable bonds is 6. The molecule has 1 aromatic carbocycles. The molecule has 0 radical (unpaired) electrons. The van der Waals surface area contributed by atoms with E-state index in [0.29, 0.717) is 23.4 Å². The topological polar surface area (TPSA) is 81.4 Å². The number of nitrogens with one attached hydrogen (secondary N) is 1. The van der Waals surface area contributed by atoms with E-state index in [0.717, 1.165) is 5.56 Å². The zero-order valence-corrected chi connectivity index (χ0v) is 13.5. The molecule has 0 spiro atoms. The van der Waals surface area contributed by atoms with Crippen molar-refractivity contribution in [3.8, 4) is 0 Å². The first-order chi connectivity index (χ1) is 11.0. The second-order valence-electron chi connectivity index (χ2n) is 5.19. The van der Waals surface area contributed by atoms with Crippen molar-refractivity contribution in [2.24, 2.45) is 0 Å². The lowest BCUT2D eigenvalue weighted by atomic mass is 10.1. The summed E-state index contributed by atoms with van der Waals surface area (Å²) in [6.07, 6.45) is 0.555. The van der Waals surface area contributed by atoms with E-state index in [1.165, 1.54) is 0 Å². The zero-order chi connectivity index (χ0) is 16.8. The van der Waals surface area contributed by atoms with Gasteiger partial charge in [0.15, 0.2) is 6.61 Å². The van der Waals surface area contributed by atoms with Crippen LogP contribution in [0.25, 0.3) is 0 Å². The first kappa shape index (κ1) is 16.7. The van der Waals surface area contributed by atoms with E-state index >= 15 is 0 Å². The minimum absolute atomic E-state index is 0.161. The summed E-state index contributed by atoms with van der Waals surface area (Å²) in [6, 6.07) is 9.39. The third-order valence-corrected chi connectivity index (χ3v) is 3.48. The van der Waals surface area contributed by atoms with E-state index in [2.05, 4.69) is 10.5 Å². The summed E-state index contributed by atoms with van der Waals surface area (Å²) < 4.78 is 10.0. The lowest BCUT2D eigenvalue weighted by molar-refractivity contribution is -0.124. The molecule has 0 aliphatic heterocycles. The van der Waals surface area contributed by atoms with Gasteiger partial charge in [-0.15, -0.1) is 0 Å². The number of nitrogens with zero attached hydrogens (tertiary/aromatic N) is 1. The summed E-state index contributed by atoms with van der Waals surface area (Å²) >= 11 is 0. The fourth-order valence-corrected chi connectivity index (χ4v) is 2.23. The maximum atomic E-state index is 12.1. The molecule has 1 aromatic heterocycles. The molecule has 0 aliphatic carbocycles. The van der Waals surface area contributed by atoms with Gasteiger partial charge in [0.2, 0.25) is 0 Å². The first-order valence-corrected chi connectivity index (χ1v) is 7.49. The average Bonchev–Trinajstić information content (AvgIpc) is 2.94. The van der Waals surface area contributed by atoms with Crippen LogP contribution in [0, 0.1) is 6.92 Å². The Morgan fingerprint density at radius 3 is 2.65 bits per heavy atom. The normalized spacial score (nSPS) is 11.8. The van der Waals surface area contributed by atoms with Gasteiger partial charge < -0.3 is 14.6 Å². The minimum Gasteiger partial charge on any atom is -0.452 e. The Bertz CT molecular complexity index is 679. The predicted molar refractivity (Wildman–Crippen MR) is 83.9 cm³/mol. The summed E-state index contributed by atoms with van der Waals surface area (Å²) in [4.78, 5) is 24.0. The molecule has 1 atom stereocenters. The SMILES string of the molecule is CCc1noc(C)c1C(=O)OCC(=O)N[C@@H](C)c1ccccc1. The van der Waals surface area contributed by atoms with Crippen molar-refractivity contribution in [3.05, 3.63) is 52.9 Å². The summed E-state index contributed by atoms with van der Waals surface area (Å²) in [7, 11) is 0. The van der Waals surface area contributed by atoms with E-state index < -0.39 is 5.97 Å². The van der Waals surface area contributed by atoms with Gasteiger partial charge in [0.25, 0.3) is 5.91 Å². The van der Waals surface area contributed by atoms with Crippen LogP contribution in [-0.2, 0) is 16.0 Å². The number of carbonyl (C=O) groups excluding carboxylic acids is 2. The van der Waals surface area contributed by atoms with Crippen LogP contribution in [-0.4, -0.2) is 23.6 Å². The lowest BCUT2D eigenvalue weighted by Gasteiger charge is -2.14. The van der Waals surface area contributed by atoms with Crippen LogP contribution in [0.2, 0.25) is 0 Å². The van der Waals surface area contributed by atoms with Crippen molar-refractivity contribution >= 4 is 11.9 Å². The van der Waals surface area contributed by atoms with Gasteiger partial charge in [-0.25, -0.2) is 4.79 Å². The Morgan fingerprint density at radius 1 is 1.30 bits per heavy atom. The highest BCUT2D eigenvalue weighted by Gasteiger charge is 2.21. The number of amides is 1. The van der Waals surface area contributed by atoms with Gasteiger partial charge in [0, 0.05) is 0 Å². The highest BCUT2D eigenvalue weighted by molar-refractivity contribution is 5.93. The largest absolute Gasteiger partial charge is 0.452 e. The van der Waals surface area contributed by atoms with E-state index in [9.17, 15) is 9.59 Å². The lowest BCUT2D eigenvalue weighted by Crippen LogP contribution is -2.31. The Labute approximate surface area is 134 Å². The van der Waals surface area contributed by atoms with Gasteiger partial charge in [-0.1, -0.05) is 42.4 Å². The first-order valence-electron chi connectivity index (χ1n) is 7.49. The molecule has 0 aliphatic rings. The molecule has 0 fully saturated rings. The molecule has 122 valence electrons. The third-order valence-electron chi connectivity index (χ3n) is 3.48. The zero-order valence-electron chi connectivity index (χ0n) is 13.5. The Kier molecular flexibility index (Phi) is 5.51. The van der Waals surface area contributed by atoms with E-state index in [1.807, 2.05) is 44.2 Å². The highest BCUT2D eigenvalue weighted by atomic mass is 16.5. The van der Waals surface area contributed by atoms with Crippen molar-refractivity contribution in [3.63, 3.8) is 0 Å². The molecule has 6 heteroatoms. The quantitative estimate of drug-likeness (QED) is 0.828. The van der Waals surface area contributed by atoms with Crippen molar-refractivity contribution in [1.82, 2.24) is 10.5 Å². The number of hydrogen-bond acceptors (Lipinski definition) is 5. The fraction of sp³-hybridized carbons (Fsp3) is 0.353. The number of hydrogen-bond donors (Lipinski definition) is 1. The summed E-state index contributed by atoms with van der Waals surface area (Å²) in [5, 5.41) is 6.58. The van der Waals surface area contributed by atoms with Crippen molar-refractivity contribution in [1.29, 1.82) is 0 Å². The molecule has 0 saturated heterocycles. The number of aromatic nitrogens is 1. The molecular formula is C17H20N2O4. The van der Waals surface area contributed by atoms with Crippen LogP contribution in [0.3, 0.4) is 0 Å². The maximum Gasteiger partial charge on any atom is 0.344 e. The summed E-state index contributed by atoms with van der Waals surface area (Å²) in [5.74, 6) is -0.560. The average molecular weight is 316 g/mol. The number of aryl methyl sites for hydroxylation is 2. The van der Waals surface area contributed by atoms with Gasteiger partial charge in [-0.3, -0.25) is 4.79 Å². The minimum atomic E-state index is -0.594. The molecule has 2 aromatic rings. The number of esters is 1. The van der Waals surface area contributed by atoms with Gasteiger partial charge in [-0.2, -0.15) is 0 Å². The molecule has 1 amide bonds. The van der Waals surface area contributed by atoms with Crippen molar-refractivity contribution in [2.75, 3.05) is 6.61 Å². The predicted octanol–water partition coefficient (Wildman–Crippen LogP) is 2.58. The van der Waals surface area contributed by atoms with Crippen LogP contribution in [0.4, 0.5) is 0 Å². The van der Waals surface area contributed by atoms with Crippen LogP contribution in [0.1, 0.15) is 47.3 Å². The van der Waals surface area contributed by atoms with Gasteiger partial charge >= 0.3 is 5.97 Å². The second kappa shape index (κ2) is 7.58. The molecule has 0 saturated carbocycles. The Balaban J connectivity index is 1.89. The summed E-state index contributed by atoms with van der Waals surface area (Å²) in [5.41, 5.74) is 1.82. The molecule has 6 nitrogen and oxygen atoms in total. The number of ether oxygens (including phenoxy) is 1. The second-order valence-corrected chi connectivity index (χ2v) is 5.19. The summed E-state index contributed by atoms with van der Waals surface area (Å²) in [6.45, 7) is 5.03. The maximum absolute atomic E-state index is 12.1. The molecule has 1 heterocycles. The van der Waals surface area contributed by atoms with Gasteiger partial charge in [-0.05, 0) is 25.8 Å². The van der Waals surface area contributed by atoms with Crippen LogP contribution >= 0.6 is 0 Å². The van der Waals surface area contributed by atoms with Crippen molar-refractivity contribution in [2.45, 2.75) is 33.2 Å². The van der Waals surface area contributed by atoms with Gasteiger partial charge in [0.05, 0.1) is 11.7 Å². The van der Waals surface area contributed by atoms with E-state index in [-0.39, 0.29) is 18.6 Å². The van der Waals surface area contributed by atoms with E-state index in [4.69, 9.17) is 9.26 Å². The molecule has 1 N–H and O–H groups in total. The Morgan fingerprint density at radius 2 is 2.00 bits per heavy atom. The molecule has 0 unspecified atom stereocenters. The van der Waals surface area contributed by atoms with Crippen LogP contribution < -0.4 is 5.32 Å². The van der Waals surface area contributed by atoms with Crippen LogP contribution in [0.5, 0.6) is 0 Å².